The molecule has 0 aromatic carbocycles. The predicted molar refractivity (Wildman–Crippen MR) is 79.1 cm³/mol. The highest BCUT2D eigenvalue weighted by atomic mass is 15.3. The molecule has 1 unspecified atom stereocenters. The first-order valence-electron chi connectivity index (χ1n) is 7.48. The lowest BCUT2D eigenvalue weighted by molar-refractivity contribution is 0.300. The topological polar surface area (TPSA) is 33.1 Å². The Bertz CT molecular complexity index is 353. The lowest BCUT2D eigenvalue weighted by Crippen LogP contribution is -2.39. The van der Waals surface area contributed by atoms with Crippen LogP contribution in [0.2, 0.25) is 0 Å². The maximum Gasteiger partial charge on any atom is 0.0489 e. The fourth-order valence-corrected chi connectivity index (χ4v) is 2.62. The predicted octanol–water partition coefficient (Wildman–Crippen LogP) is 1.98. The zero-order valence-corrected chi connectivity index (χ0v) is 12.6. The molecule has 2 rings (SSSR count). The van der Waals surface area contributed by atoms with Gasteiger partial charge < -0.3 is 10.2 Å². The van der Waals surface area contributed by atoms with Gasteiger partial charge in [0.1, 0.15) is 0 Å². The molecule has 0 saturated carbocycles. The number of nitrogens with zero attached hydrogens (tertiary/aromatic N) is 3. The summed E-state index contributed by atoms with van der Waals surface area (Å²) in [6, 6.07) is 1.99. The summed E-state index contributed by atoms with van der Waals surface area (Å²) in [5, 5.41) is 7.86. The van der Waals surface area contributed by atoms with E-state index < -0.39 is 0 Å². The molecule has 0 amide bonds. The van der Waals surface area contributed by atoms with Crippen LogP contribution in [0.25, 0.3) is 0 Å². The number of nitrogens with one attached hydrogen (secondary N) is 1. The maximum absolute atomic E-state index is 4.24. The van der Waals surface area contributed by atoms with Gasteiger partial charge in [-0.2, -0.15) is 5.10 Å². The summed E-state index contributed by atoms with van der Waals surface area (Å²) in [6.45, 7) is 12.6. The molecule has 0 radical (unpaired) electrons. The molecule has 19 heavy (non-hydrogen) atoms. The van der Waals surface area contributed by atoms with Gasteiger partial charge in [-0.25, -0.2) is 0 Å². The first-order chi connectivity index (χ1) is 9.03. The van der Waals surface area contributed by atoms with Crippen molar-refractivity contribution in [2.24, 2.45) is 5.92 Å². The van der Waals surface area contributed by atoms with Gasteiger partial charge in [-0.3, -0.25) is 4.68 Å². The molecule has 0 bridgehead atoms. The van der Waals surface area contributed by atoms with Gasteiger partial charge >= 0.3 is 0 Å². The second-order valence-electron chi connectivity index (χ2n) is 6.71. The van der Waals surface area contributed by atoms with Crippen LogP contribution in [0.1, 0.15) is 33.6 Å². The van der Waals surface area contributed by atoms with Gasteiger partial charge in [0, 0.05) is 31.0 Å². The van der Waals surface area contributed by atoms with E-state index in [1.165, 1.54) is 32.5 Å². The highest BCUT2D eigenvalue weighted by Crippen LogP contribution is 2.16. The molecule has 1 atom stereocenters. The molecular weight excluding hydrogens is 236 g/mol. The molecule has 0 aliphatic carbocycles. The van der Waals surface area contributed by atoms with Crippen molar-refractivity contribution in [3.8, 4) is 0 Å². The number of likely N-dealkylation sites (tertiary alicyclic amines) is 1. The Balaban J connectivity index is 1.59. The van der Waals surface area contributed by atoms with E-state index in [0.717, 1.165) is 19.0 Å². The van der Waals surface area contributed by atoms with Crippen molar-refractivity contribution in [2.75, 3.05) is 26.2 Å². The molecule has 1 aromatic rings. The van der Waals surface area contributed by atoms with Crippen LogP contribution in [-0.2, 0) is 6.54 Å². The minimum atomic E-state index is 0.244. The van der Waals surface area contributed by atoms with Crippen LogP contribution in [0, 0.1) is 5.92 Å². The van der Waals surface area contributed by atoms with Gasteiger partial charge in [-0.1, -0.05) is 0 Å². The second kappa shape index (κ2) is 6.53. The molecule has 1 aliphatic rings. The Labute approximate surface area is 117 Å². The van der Waals surface area contributed by atoms with Gasteiger partial charge in [0.2, 0.25) is 0 Å². The van der Waals surface area contributed by atoms with Crippen LogP contribution in [0.3, 0.4) is 0 Å². The lowest BCUT2D eigenvalue weighted by Gasteiger charge is -2.23. The number of aryl methyl sites for hydroxylation is 1. The van der Waals surface area contributed by atoms with E-state index in [1.807, 2.05) is 23.1 Å². The summed E-state index contributed by atoms with van der Waals surface area (Å²) in [4.78, 5) is 2.60. The molecule has 4 heteroatoms. The fraction of sp³-hybridized carbons (Fsp3) is 0.800. The average Bonchev–Trinajstić information content (AvgIpc) is 2.97. The zero-order valence-electron chi connectivity index (χ0n) is 12.6. The molecule has 1 fully saturated rings. The van der Waals surface area contributed by atoms with E-state index in [4.69, 9.17) is 0 Å². The summed E-state index contributed by atoms with van der Waals surface area (Å²) < 4.78 is 2.02. The van der Waals surface area contributed by atoms with Crippen molar-refractivity contribution in [1.82, 2.24) is 20.0 Å². The third kappa shape index (κ3) is 5.33. The number of hydrogen-bond acceptors (Lipinski definition) is 3. The van der Waals surface area contributed by atoms with Crippen LogP contribution in [-0.4, -0.2) is 46.4 Å². The molecule has 1 aliphatic heterocycles. The third-order valence-corrected chi connectivity index (χ3v) is 3.71. The van der Waals surface area contributed by atoms with Crippen molar-refractivity contribution >= 4 is 0 Å². The van der Waals surface area contributed by atoms with Crippen molar-refractivity contribution in [2.45, 2.75) is 45.7 Å². The van der Waals surface area contributed by atoms with E-state index >= 15 is 0 Å². The summed E-state index contributed by atoms with van der Waals surface area (Å²) >= 11 is 0. The van der Waals surface area contributed by atoms with Crippen molar-refractivity contribution in [3.63, 3.8) is 0 Å². The van der Waals surface area contributed by atoms with E-state index in [2.05, 4.69) is 36.1 Å². The van der Waals surface area contributed by atoms with E-state index in [0.29, 0.717) is 0 Å². The van der Waals surface area contributed by atoms with Crippen molar-refractivity contribution < 1.29 is 0 Å². The SMILES string of the molecule is CC(C)(C)NCC1CCN(CCCn2cccn2)C1. The van der Waals surface area contributed by atoms with Gasteiger partial charge in [-0.05, 0) is 65.2 Å². The van der Waals surface area contributed by atoms with Crippen molar-refractivity contribution in [3.05, 3.63) is 18.5 Å². The van der Waals surface area contributed by atoms with Crippen LogP contribution >= 0.6 is 0 Å². The average molecular weight is 264 g/mol. The number of hydrogen-bond donors (Lipinski definition) is 1. The fourth-order valence-electron chi connectivity index (χ4n) is 2.62. The van der Waals surface area contributed by atoms with E-state index in [9.17, 15) is 0 Å². The van der Waals surface area contributed by atoms with Gasteiger partial charge in [0.15, 0.2) is 0 Å². The molecule has 0 spiro atoms. The number of aromatic nitrogens is 2. The third-order valence-electron chi connectivity index (χ3n) is 3.71. The zero-order chi connectivity index (χ0) is 13.7. The standard InChI is InChI=1S/C15H28N4/c1-15(2,3)16-12-14-6-11-18(13-14)8-5-10-19-9-4-7-17-19/h4,7,9,14,16H,5-6,8,10-13H2,1-3H3. The normalized spacial score (nSPS) is 21.1. The monoisotopic (exact) mass is 264 g/mol. The summed E-state index contributed by atoms with van der Waals surface area (Å²) in [5.74, 6) is 0.823. The second-order valence-corrected chi connectivity index (χ2v) is 6.71. The van der Waals surface area contributed by atoms with E-state index in [1.54, 1.807) is 0 Å². The van der Waals surface area contributed by atoms with Gasteiger partial charge in [0.25, 0.3) is 0 Å². The maximum atomic E-state index is 4.24. The largest absolute Gasteiger partial charge is 0.312 e. The molecular formula is C15H28N4. The lowest BCUT2D eigenvalue weighted by atomic mass is 10.1. The van der Waals surface area contributed by atoms with Gasteiger partial charge in [0.05, 0.1) is 0 Å². The molecule has 1 N–H and O–H groups in total. The first kappa shape index (κ1) is 14.5. The minimum absolute atomic E-state index is 0.244. The van der Waals surface area contributed by atoms with Crippen molar-refractivity contribution in [1.29, 1.82) is 0 Å². The van der Waals surface area contributed by atoms with Crippen LogP contribution < -0.4 is 5.32 Å². The quantitative estimate of drug-likeness (QED) is 0.853. The van der Waals surface area contributed by atoms with Crippen LogP contribution in [0.5, 0.6) is 0 Å². The highest BCUT2D eigenvalue weighted by Gasteiger charge is 2.23. The Kier molecular flexibility index (Phi) is 4.99. The van der Waals surface area contributed by atoms with Crippen LogP contribution in [0.4, 0.5) is 0 Å². The molecule has 1 saturated heterocycles. The summed E-state index contributed by atoms with van der Waals surface area (Å²) in [5.41, 5.74) is 0.244. The Morgan fingerprint density at radius 1 is 1.32 bits per heavy atom. The van der Waals surface area contributed by atoms with Crippen LogP contribution in [0.15, 0.2) is 18.5 Å². The van der Waals surface area contributed by atoms with E-state index in [-0.39, 0.29) is 5.54 Å². The summed E-state index contributed by atoms with van der Waals surface area (Å²) in [6.07, 6.45) is 6.43. The Morgan fingerprint density at radius 2 is 2.16 bits per heavy atom. The first-order valence-corrected chi connectivity index (χ1v) is 7.48. The Morgan fingerprint density at radius 3 is 2.84 bits per heavy atom. The minimum Gasteiger partial charge on any atom is -0.312 e. The molecule has 2 heterocycles. The molecule has 4 nitrogen and oxygen atoms in total. The molecule has 1 aromatic heterocycles. The van der Waals surface area contributed by atoms with Gasteiger partial charge in [-0.15, -0.1) is 0 Å². The smallest absolute Gasteiger partial charge is 0.0489 e. The summed E-state index contributed by atoms with van der Waals surface area (Å²) in [7, 11) is 0. The highest BCUT2D eigenvalue weighted by molar-refractivity contribution is 4.81. The number of rotatable bonds is 6. The Hall–Kier alpha value is -0.870. The molecule has 108 valence electrons.